The molecule has 0 spiro atoms. The first kappa shape index (κ1) is 12.4. The minimum Gasteiger partial charge on any atom is -0.231 e. The van der Waals surface area contributed by atoms with Crippen LogP contribution in [0.3, 0.4) is 0 Å². The topological polar surface area (TPSA) is 25.8 Å². The summed E-state index contributed by atoms with van der Waals surface area (Å²) in [5.41, 5.74) is 2.17. The van der Waals surface area contributed by atoms with Crippen LogP contribution in [0, 0.1) is 0 Å². The van der Waals surface area contributed by atoms with Crippen LogP contribution in [-0.4, -0.2) is 9.97 Å². The molecule has 0 unspecified atom stereocenters. The average molecular weight is 413 g/mol. The second kappa shape index (κ2) is 4.81. The van der Waals surface area contributed by atoms with Gasteiger partial charge in [-0.2, -0.15) is 11.8 Å². The Morgan fingerprint density at radius 2 is 2.06 bits per heavy atom. The summed E-state index contributed by atoms with van der Waals surface area (Å²) in [5.74, 6) is 2.57. The fourth-order valence-electron chi connectivity index (χ4n) is 1.58. The van der Waals surface area contributed by atoms with Crippen molar-refractivity contribution >= 4 is 66.6 Å². The average Bonchev–Trinajstić information content (AvgIpc) is 2.87. The van der Waals surface area contributed by atoms with Crippen LogP contribution >= 0.6 is 66.6 Å². The van der Waals surface area contributed by atoms with E-state index in [0.717, 1.165) is 35.9 Å². The molecule has 1 aliphatic heterocycles. The fourth-order valence-corrected chi connectivity index (χ4v) is 4.93. The minimum absolute atomic E-state index is 0.593. The molecule has 88 valence electrons. The van der Waals surface area contributed by atoms with Gasteiger partial charge in [-0.25, -0.2) is 9.97 Å². The summed E-state index contributed by atoms with van der Waals surface area (Å²) in [6, 6.07) is 2.01. The standard InChI is InChI=1S/C10H5Br2ClN2S2/c11-5-1-7(17-8(5)12)10-14-6-3-16-2-4(6)9(13)15-10/h1H,2-3H2. The molecule has 0 fully saturated rings. The van der Waals surface area contributed by atoms with E-state index in [1.54, 1.807) is 11.3 Å². The quantitative estimate of drug-likeness (QED) is 0.607. The predicted octanol–water partition coefficient (Wildman–Crippen LogP) is 5.13. The van der Waals surface area contributed by atoms with Crippen molar-refractivity contribution in [3.05, 3.63) is 30.7 Å². The number of fused-ring (bicyclic) bond motifs is 1. The lowest BCUT2D eigenvalue weighted by Crippen LogP contribution is -1.96. The molecule has 0 radical (unpaired) electrons. The number of thiophene rings is 1. The molecule has 0 saturated heterocycles. The van der Waals surface area contributed by atoms with E-state index in [2.05, 4.69) is 41.8 Å². The lowest BCUT2D eigenvalue weighted by atomic mass is 10.3. The second-order valence-electron chi connectivity index (χ2n) is 3.49. The number of aromatic nitrogens is 2. The van der Waals surface area contributed by atoms with Gasteiger partial charge in [0, 0.05) is 21.5 Å². The maximum atomic E-state index is 6.19. The number of halogens is 3. The highest BCUT2D eigenvalue weighted by atomic mass is 79.9. The third-order valence-electron chi connectivity index (χ3n) is 2.39. The summed E-state index contributed by atoms with van der Waals surface area (Å²) in [6.45, 7) is 0. The molecule has 17 heavy (non-hydrogen) atoms. The molecule has 3 heterocycles. The van der Waals surface area contributed by atoms with E-state index >= 15 is 0 Å². The van der Waals surface area contributed by atoms with Gasteiger partial charge in [0.05, 0.1) is 14.4 Å². The highest BCUT2D eigenvalue weighted by molar-refractivity contribution is 9.13. The zero-order valence-corrected chi connectivity index (χ0v) is 13.9. The molecular weight excluding hydrogens is 408 g/mol. The van der Waals surface area contributed by atoms with Crippen LogP contribution < -0.4 is 0 Å². The molecule has 3 rings (SSSR count). The van der Waals surface area contributed by atoms with Gasteiger partial charge in [-0.05, 0) is 37.9 Å². The van der Waals surface area contributed by atoms with Crippen LogP contribution in [0.15, 0.2) is 14.3 Å². The normalized spacial score (nSPS) is 14.1. The van der Waals surface area contributed by atoms with Gasteiger partial charge in [0.1, 0.15) is 5.15 Å². The van der Waals surface area contributed by atoms with Gasteiger partial charge < -0.3 is 0 Å². The third-order valence-corrected chi connectivity index (χ3v) is 6.93. The molecule has 2 aromatic rings. The first-order valence-electron chi connectivity index (χ1n) is 4.73. The Balaban J connectivity index is 2.13. The number of thioether (sulfide) groups is 1. The Hall–Kier alpha value is 0.380. The Morgan fingerprint density at radius 3 is 2.76 bits per heavy atom. The first-order valence-corrected chi connectivity index (χ1v) is 8.67. The van der Waals surface area contributed by atoms with Gasteiger partial charge >= 0.3 is 0 Å². The van der Waals surface area contributed by atoms with E-state index < -0.39 is 0 Å². The van der Waals surface area contributed by atoms with Gasteiger partial charge in [0.25, 0.3) is 0 Å². The minimum atomic E-state index is 0.593. The van der Waals surface area contributed by atoms with Crippen molar-refractivity contribution in [3.63, 3.8) is 0 Å². The van der Waals surface area contributed by atoms with Crippen LogP contribution in [0.1, 0.15) is 11.3 Å². The molecule has 2 nitrogen and oxygen atoms in total. The van der Waals surface area contributed by atoms with Crippen molar-refractivity contribution in [2.45, 2.75) is 11.5 Å². The first-order chi connectivity index (χ1) is 8.15. The van der Waals surface area contributed by atoms with Crippen molar-refractivity contribution < 1.29 is 0 Å². The molecular formula is C10H5Br2ClN2S2. The van der Waals surface area contributed by atoms with Gasteiger partial charge in [-0.15, -0.1) is 11.3 Å². The summed E-state index contributed by atoms with van der Waals surface area (Å²) in [6.07, 6.45) is 0. The maximum Gasteiger partial charge on any atom is 0.171 e. The summed E-state index contributed by atoms with van der Waals surface area (Å²) < 4.78 is 2.06. The van der Waals surface area contributed by atoms with Gasteiger partial charge in [-0.1, -0.05) is 11.6 Å². The zero-order valence-electron chi connectivity index (χ0n) is 8.34. The molecule has 2 aromatic heterocycles. The Labute approximate surface area is 128 Å². The van der Waals surface area contributed by atoms with Crippen LogP contribution in [-0.2, 0) is 11.5 Å². The van der Waals surface area contributed by atoms with Crippen molar-refractivity contribution in [2.24, 2.45) is 0 Å². The lowest BCUT2D eigenvalue weighted by Gasteiger charge is -2.02. The molecule has 0 saturated carbocycles. The van der Waals surface area contributed by atoms with Crippen molar-refractivity contribution in [3.8, 4) is 10.7 Å². The highest BCUT2D eigenvalue weighted by Crippen LogP contribution is 2.39. The molecule has 0 atom stereocenters. The predicted molar refractivity (Wildman–Crippen MR) is 80.8 cm³/mol. The molecule has 0 bridgehead atoms. The largest absolute Gasteiger partial charge is 0.231 e. The van der Waals surface area contributed by atoms with Crippen molar-refractivity contribution in [1.29, 1.82) is 0 Å². The molecule has 1 aliphatic rings. The number of hydrogen-bond acceptors (Lipinski definition) is 4. The maximum absolute atomic E-state index is 6.19. The van der Waals surface area contributed by atoms with Crippen LogP contribution in [0.2, 0.25) is 5.15 Å². The fraction of sp³-hybridized carbons (Fsp3) is 0.200. The number of nitrogens with zero attached hydrogens (tertiary/aromatic N) is 2. The summed E-state index contributed by atoms with van der Waals surface area (Å²) in [5, 5.41) is 0.593. The molecule has 0 amide bonds. The number of rotatable bonds is 1. The zero-order chi connectivity index (χ0) is 12.0. The van der Waals surface area contributed by atoms with Crippen LogP contribution in [0.5, 0.6) is 0 Å². The van der Waals surface area contributed by atoms with E-state index in [1.807, 2.05) is 17.8 Å². The van der Waals surface area contributed by atoms with Crippen LogP contribution in [0.4, 0.5) is 0 Å². The van der Waals surface area contributed by atoms with E-state index in [9.17, 15) is 0 Å². The van der Waals surface area contributed by atoms with Gasteiger partial charge in [0.15, 0.2) is 5.82 Å². The Morgan fingerprint density at radius 1 is 1.24 bits per heavy atom. The second-order valence-corrected chi connectivity index (χ2v) is 8.06. The Kier molecular flexibility index (Phi) is 3.51. The van der Waals surface area contributed by atoms with Crippen LogP contribution in [0.25, 0.3) is 10.7 Å². The van der Waals surface area contributed by atoms with E-state index in [4.69, 9.17) is 11.6 Å². The molecule has 7 heteroatoms. The highest BCUT2D eigenvalue weighted by Gasteiger charge is 2.20. The monoisotopic (exact) mass is 410 g/mol. The lowest BCUT2D eigenvalue weighted by molar-refractivity contribution is 1.08. The molecule has 0 N–H and O–H groups in total. The van der Waals surface area contributed by atoms with Gasteiger partial charge in [-0.3, -0.25) is 0 Å². The van der Waals surface area contributed by atoms with E-state index in [-0.39, 0.29) is 0 Å². The molecule has 0 aromatic carbocycles. The summed E-state index contributed by atoms with van der Waals surface area (Å²) in [7, 11) is 0. The number of hydrogen-bond donors (Lipinski definition) is 0. The SMILES string of the molecule is Clc1nc(-c2cc(Br)c(Br)s2)nc2c1CSC2. The van der Waals surface area contributed by atoms with Crippen molar-refractivity contribution in [2.75, 3.05) is 0 Å². The third kappa shape index (κ3) is 2.30. The Bertz CT molecular complexity index is 581. The van der Waals surface area contributed by atoms with Crippen molar-refractivity contribution in [1.82, 2.24) is 9.97 Å². The van der Waals surface area contributed by atoms with E-state index in [1.165, 1.54) is 0 Å². The summed E-state index contributed by atoms with van der Waals surface area (Å²) >= 11 is 16.6. The summed E-state index contributed by atoms with van der Waals surface area (Å²) in [4.78, 5) is 9.99. The smallest absolute Gasteiger partial charge is 0.171 e. The molecule has 0 aliphatic carbocycles. The van der Waals surface area contributed by atoms with Gasteiger partial charge in [0.2, 0.25) is 0 Å². The van der Waals surface area contributed by atoms with E-state index in [0.29, 0.717) is 11.0 Å².